The van der Waals surface area contributed by atoms with E-state index in [-0.39, 0.29) is 0 Å². The zero-order chi connectivity index (χ0) is 14.8. The molecule has 3 rings (SSSR count). The van der Waals surface area contributed by atoms with E-state index in [1.807, 2.05) is 24.3 Å². The summed E-state index contributed by atoms with van der Waals surface area (Å²) in [5.74, 6) is -0.312. The van der Waals surface area contributed by atoms with E-state index in [2.05, 4.69) is 11.8 Å². The van der Waals surface area contributed by atoms with E-state index in [1.165, 1.54) is 12.8 Å². The molecule has 1 saturated carbocycles. The van der Waals surface area contributed by atoms with Gasteiger partial charge in [-0.15, -0.1) is 0 Å². The van der Waals surface area contributed by atoms with Crippen molar-refractivity contribution >= 4 is 16.9 Å². The van der Waals surface area contributed by atoms with Crippen LogP contribution < -0.4 is 0 Å². The minimum Gasteiger partial charge on any atom is -0.478 e. The molecule has 1 aromatic heterocycles. The van der Waals surface area contributed by atoms with Crippen LogP contribution in [0.4, 0.5) is 0 Å². The first-order chi connectivity index (χ1) is 10.2. The van der Waals surface area contributed by atoms with E-state index in [9.17, 15) is 9.90 Å². The van der Waals surface area contributed by atoms with Crippen molar-refractivity contribution in [3.05, 3.63) is 35.6 Å². The van der Waals surface area contributed by atoms with Crippen molar-refractivity contribution in [2.75, 3.05) is 6.54 Å². The van der Waals surface area contributed by atoms with Gasteiger partial charge in [-0.25, -0.2) is 4.79 Å². The molecule has 4 heteroatoms. The smallest absolute Gasteiger partial charge is 0.339 e. The second kappa shape index (κ2) is 5.90. The fourth-order valence-electron chi connectivity index (χ4n) is 2.82. The van der Waals surface area contributed by atoms with Gasteiger partial charge < -0.3 is 9.52 Å². The zero-order valence-corrected chi connectivity index (χ0v) is 12.3. The molecule has 4 nitrogen and oxygen atoms in total. The number of aromatic carboxylic acids is 1. The van der Waals surface area contributed by atoms with Gasteiger partial charge in [0, 0.05) is 11.4 Å². The topological polar surface area (TPSA) is 53.7 Å². The molecule has 1 aromatic carbocycles. The molecule has 0 bridgehead atoms. The number of unbranched alkanes of at least 4 members (excludes halogenated alkanes) is 1. The van der Waals surface area contributed by atoms with Gasteiger partial charge in [0.1, 0.15) is 16.9 Å². The number of rotatable bonds is 7. The van der Waals surface area contributed by atoms with Crippen molar-refractivity contribution in [3.63, 3.8) is 0 Å². The van der Waals surface area contributed by atoms with Crippen molar-refractivity contribution in [1.29, 1.82) is 0 Å². The zero-order valence-electron chi connectivity index (χ0n) is 12.3. The molecule has 1 aliphatic carbocycles. The SMILES string of the molecule is CCCCN(Cc1oc2ccccc2c1C(=O)O)C1CC1. The molecule has 21 heavy (non-hydrogen) atoms. The summed E-state index contributed by atoms with van der Waals surface area (Å²) in [6, 6.07) is 7.98. The average molecular weight is 287 g/mol. The lowest BCUT2D eigenvalue weighted by atomic mass is 10.1. The predicted octanol–water partition coefficient (Wildman–Crippen LogP) is 3.90. The van der Waals surface area contributed by atoms with Crippen molar-refractivity contribution < 1.29 is 14.3 Å². The van der Waals surface area contributed by atoms with Gasteiger partial charge in [0.15, 0.2) is 0 Å². The molecule has 0 saturated heterocycles. The van der Waals surface area contributed by atoms with Gasteiger partial charge in [-0.05, 0) is 31.9 Å². The number of nitrogens with zero attached hydrogens (tertiary/aromatic N) is 1. The second-order valence-corrected chi connectivity index (χ2v) is 5.76. The molecule has 1 N–H and O–H groups in total. The van der Waals surface area contributed by atoms with Gasteiger partial charge in [0.25, 0.3) is 0 Å². The molecule has 112 valence electrons. The predicted molar refractivity (Wildman–Crippen MR) is 81.5 cm³/mol. The highest BCUT2D eigenvalue weighted by Gasteiger charge is 2.31. The Morgan fingerprint density at radius 2 is 2.14 bits per heavy atom. The van der Waals surface area contributed by atoms with E-state index in [1.54, 1.807) is 0 Å². The molecular formula is C17H21NO3. The maximum Gasteiger partial charge on any atom is 0.339 e. The lowest BCUT2D eigenvalue weighted by Gasteiger charge is -2.20. The van der Waals surface area contributed by atoms with Crippen molar-refractivity contribution in [2.45, 2.75) is 45.2 Å². The van der Waals surface area contributed by atoms with Crippen LogP contribution in [-0.4, -0.2) is 28.6 Å². The number of carboxylic acid groups (broad SMARTS) is 1. The van der Waals surface area contributed by atoms with Crippen LogP contribution in [0.3, 0.4) is 0 Å². The van der Waals surface area contributed by atoms with Crippen LogP contribution in [0.2, 0.25) is 0 Å². The largest absolute Gasteiger partial charge is 0.478 e. The van der Waals surface area contributed by atoms with Crippen LogP contribution in [0.1, 0.15) is 48.7 Å². The van der Waals surface area contributed by atoms with E-state index in [4.69, 9.17) is 4.42 Å². The molecule has 1 fully saturated rings. The van der Waals surface area contributed by atoms with Crippen LogP contribution in [0, 0.1) is 0 Å². The van der Waals surface area contributed by atoms with Crippen LogP contribution in [-0.2, 0) is 6.54 Å². The third-order valence-corrected chi connectivity index (χ3v) is 4.09. The molecule has 0 atom stereocenters. The normalized spacial score (nSPS) is 15.0. The van der Waals surface area contributed by atoms with Gasteiger partial charge in [0.05, 0.1) is 6.54 Å². The highest BCUT2D eigenvalue weighted by molar-refractivity contribution is 6.03. The van der Waals surface area contributed by atoms with E-state index in [0.717, 1.165) is 19.4 Å². The van der Waals surface area contributed by atoms with Gasteiger partial charge in [0.2, 0.25) is 0 Å². The standard InChI is InChI=1S/C17H21NO3/c1-2-3-10-18(12-8-9-12)11-15-16(17(19)20)13-6-4-5-7-14(13)21-15/h4-7,12H,2-3,8-11H2,1H3,(H,19,20). The number of furan rings is 1. The number of benzene rings is 1. The monoisotopic (exact) mass is 287 g/mol. The summed E-state index contributed by atoms with van der Waals surface area (Å²) in [7, 11) is 0. The minimum atomic E-state index is -0.902. The molecule has 0 spiro atoms. The average Bonchev–Trinajstić information content (AvgIpc) is 3.23. The number of fused-ring (bicyclic) bond motifs is 1. The maximum absolute atomic E-state index is 11.6. The molecule has 2 aromatic rings. The number of hydrogen-bond acceptors (Lipinski definition) is 3. The summed E-state index contributed by atoms with van der Waals surface area (Å²) in [4.78, 5) is 14.0. The van der Waals surface area contributed by atoms with Crippen molar-refractivity contribution in [3.8, 4) is 0 Å². The lowest BCUT2D eigenvalue weighted by molar-refractivity contribution is 0.0694. The molecule has 0 radical (unpaired) electrons. The maximum atomic E-state index is 11.6. The van der Waals surface area contributed by atoms with Gasteiger partial charge in [-0.1, -0.05) is 31.5 Å². The fraction of sp³-hybridized carbons (Fsp3) is 0.471. The first kappa shape index (κ1) is 14.1. The Morgan fingerprint density at radius 3 is 2.81 bits per heavy atom. The molecule has 0 aliphatic heterocycles. The Hall–Kier alpha value is -1.81. The number of carboxylic acids is 1. The summed E-state index contributed by atoms with van der Waals surface area (Å²) >= 11 is 0. The van der Waals surface area contributed by atoms with Crippen molar-refractivity contribution in [2.24, 2.45) is 0 Å². The quantitative estimate of drug-likeness (QED) is 0.839. The first-order valence-electron chi connectivity index (χ1n) is 7.68. The summed E-state index contributed by atoms with van der Waals surface area (Å²) in [6.45, 7) is 3.78. The van der Waals surface area contributed by atoms with Gasteiger partial charge in [-0.2, -0.15) is 0 Å². The first-order valence-corrected chi connectivity index (χ1v) is 7.68. The van der Waals surface area contributed by atoms with Gasteiger partial charge >= 0.3 is 5.97 Å². The summed E-state index contributed by atoms with van der Waals surface area (Å²) in [6.07, 6.45) is 4.72. The minimum absolute atomic E-state index is 0.327. The second-order valence-electron chi connectivity index (χ2n) is 5.76. The molecular weight excluding hydrogens is 266 g/mol. The highest BCUT2D eigenvalue weighted by atomic mass is 16.4. The Labute approximate surface area is 124 Å². The molecule has 1 heterocycles. The Balaban J connectivity index is 1.91. The molecule has 0 amide bonds. The fourth-order valence-corrected chi connectivity index (χ4v) is 2.82. The van der Waals surface area contributed by atoms with Crippen LogP contribution >= 0.6 is 0 Å². The van der Waals surface area contributed by atoms with Crippen LogP contribution in [0.5, 0.6) is 0 Å². The number of hydrogen-bond donors (Lipinski definition) is 1. The lowest BCUT2D eigenvalue weighted by Crippen LogP contribution is -2.27. The molecule has 0 unspecified atom stereocenters. The summed E-state index contributed by atoms with van der Waals surface area (Å²) in [5.41, 5.74) is 0.990. The highest BCUT2D eigenvalue weighted by Crippen LogP contribution is 2.32. The van der Waals surface area contributed by atoms with E-state index < -0.39 is 5.97 Å². The number of para-hydroxylation sites is 1. The number of carbonyl (C=O) groups is 1. The van der Waals surface area contributed by atoms with Crippen LogP contribution in [0.15, 0.2) is 28.7 Å². The van der Waals surface area contributed by atoms with Gasteiger partial charge in [-0.3, -0.25) is 4.90 Å². The van der Waals surface area contributed by atoms with Crippen molar-refractivity contribution in [1.82, 2.24) is 4.90 Å². The Bertz CT molecular complexity index is 643. The van der Waals surface area contributed by atoms with Crippen LogP contribution in [0.25, 0.3) is 11.0 Å². The Morgan fingerprint density at radius 1 is 1.38 bits per heavy atom. The van der Waals surface area contributed by atoms with E-state index in [0.29, 0.717) is 34.9 Å². The third-order valence-electron chi connectivity index (χ3n) is 4.09. The Kier molecular flexibility index (Phi) is 3.97. The summed E-state index contributed by atoms with van der Waals surface area (Å²) < 4.78 is 5.83. The third kappa shape index (κ3) is 2.95. The van der Waals surface area contributed by atoms with E-state index >= 15 is 0 Å². The summed E-state index contributed by atoms with van der Waals surface area (Å²) in [5, 5.41) is 10.2. The molecule has 1 aliphatic rings.